The second kappa shape index (κ2) is 1.76. The van der Waals surface area contributed by atoms with Crippen molar-refractivity contribution in [3.8, 4) is 0 Å². The SMILES string of the molecule is CC1(C)[C@H]2CC[C@H]1[C@H](O)C2. The van der Waals surface area contributed by atoms with Crippen LogP contribution in [0.2, 0.25) is 0 Å². The Morgan fingerprint density at radius 2 is 2.00 bits per heavy atom. The van der Waals surface area contributed by atoms with Crippen LogP contribution >= 0.6 is 0 Å². The third-order valence-electron chi connectivity index (χ3n) is 3.82. The van der Waals surface area contributed by atoms with Crippen LogP contribution in [0.25, 0.3) is 0 Å². The smallest absolute Gasteiger partial charge is 0.0576 e. The Morgan fingerprint density at radius 1 is 1.30 bits per heavy atom. The van der Waals surface area contributed by atoms with Crippen molar-refractivity contribution in [1.29, 1.82) is 0 Å². The van der Waals surface area contributed by atoms with Crippen LogP contribution in [0.15, 0.2) is 0 Å². The highest BCUT2D eigenvalue weighted by molar-refractivity contribution is 5.02. The molecule has 2 bridgehead atoms. The molecule has 0 saturated heterocycles. The van der Waals surface area contributed by atoms with Crippen molar-refractivity contribution in [3.05, 3.63) is 0 Å². The van der Waals surface area contributed by atoms with Gasteiger partial charge in [0, 0.05) is 0 Å². The second-order valence-electron chi connectivity index (χ2n) is 4.51. The van der Waals surface area contributed by atoms with Gasteiger partial charge in [-0.3, -0.25) is 0 Å². The van der Waals surface area contributed by atoms with E-state index in [2.05, 4.69) is 13.8 Å². The quantitative estimate of drug-likeness (QED) is 0.544. The number of aliphatic hydroxyl groups excluding tert-OH is 1. The maximum atomic E-state index is 9.55. The normalized spacial score (nSPS) is 50.1. The van der Waals surface area contributed by atoms with E-state index in [1.807, 2.05) is 0 Å². The zero-order valence-corrected chi connectivity index (χ0v) is 6.80. The molecular formula is C9H16O. The molecule has 10 heavy (non-hydrogen) atoms. The molecule has 0 aromatic rings. The van der Waals surface area contributed by atoms with Gasteiger partial charge in [-0.2, -0.15) is 0 Å². The lowest BCUT2D eigenvalue weighted by molar-refractivity contribution is 0.0949. The van der Waals surface area contributed by atoms with E-state index in [0.29, 0.717) is 11.3 Å². The molecule has 0 heterocycles. The average Bonchev–Trinajstić information content (AvgIpc) is 2.20. The number of hydrogen-bond acceptors (Lipinski definition) is 1. The van der Waals surface area contributed by atoms with Crippen LogP contribution in [0.4, 0.5) is 0 Å². The Hall–Kier alpha value is -0.0400. The van der Waals surface area contributed by atoms with Gasteiger partial charge in [-0.05, 0) is 36.5 Å². The Balaban J connectivity index is 2.27. The first kappa shape index (κ1) is 6.66. The van der Waals surface area contributed by atoms with E-state index in [0.717, 1.165) is 12.3 Å². The van der Waals surface area contributed by atoms with Gasteiger partial charge in [-0.15, -0.1) is 0 Å². The number of rotatable bonds is 0. The highest BCUT2D eigenvalue weighted by Crippen LogP contribution is 2.57. The van der Waals surface area contributed by atoms with E-state index in [-0.39, 0.29) is 6.10 Å². The predicted molar refractivity (Wildman–Crippen MR) is 40.6 cm³/mol. The van der Waals surface area contributed by atoms with E-state index in [1.54, 1.807) is 0 Å². The summed E-state index contributed by atoms with van der Waals surface area (Å²) in [5.74, 6) is 1.42. The molecule has 2 rings (SSSR count). The lowest BCUT2D eigenvalue weighted by Crippen LogP contribution is -2.22. The summed E-state index contributed by atoms with van der Waals surface area (Å²) in [5, 5.41) is 9.55. The molecule has 0 aromatic carbocycles. The molecule has 0 spiro atoms. The molecule has 2 aliphatic carbocycles. The van der Waals surface area contributed by atoms with Crippen LogP contribution in [-0.2, 0) is 0 Å². The first-order chi connectivity index (χ1) is 4.62. The summed E-state index contributed by atoms with van der Waals surface area (Å²) in [6.45, 7) is 4.62. The molecule has 58 valence electrons. The Morgan fingerprint density at radius 3 is 2.20 bits per heavy atom. The van der Waals surface area contributed by atoms with Crippen LogP contribution in [-0.4, -0.2) is 11.2 Å². The summed E-state index contributed by atoms with van der Waals surface area (Å²) < 4.78 is 0. The van der Waals surface area contributed by atoms with Gasteiger partial charge in [0.1, 0.15) is 0 Å². The topological polar surface area (TPSA) is 20.2 Å². The third-order valence-corrected chi connectivity index (χ3v) is 3.82. The molecule has 3 atom stereocenters. The minimum atomic E-state index is 0.0220. The number of hydrogen-bond donors (Lipinski definition) is 1. The van der Waals surface area contributed by atoms with Crippen molar-refractivity contribution in [1.82, 2.24) is 0 Å². The van der Waals surface area contributed by atoms with E-state index in [9.17, 15) is 5.11 Å². The maximum absolute atomic E-state index is 9.55. The Labute approximate surface area is 62.4 Å². The number of fused-ring (bicyclic) bond motifs is 2. The van der Waals surface area contributed by atoms with Crippen LogP contribution < -0.4 is 0 Å². The fraction of sp³-hybridized carbons (Fsp3) is 1.00. The van der Waals surface area contributed by atoms with Gasteiger partial charge < -0.3 is 5.11 Å². The van der Waals surface area contributed by atoms with Crippen molar-refractivity contribution in [2.75, 3.05) is 0 Å². The molecule has 0 amide bonds. The van der Waals surface area contributed by atoms with E-state index in [4.69, 9.17) is 0 Å². The van der Waals surface area contributed by atoms with Crippen LogP contribution in [0.1, 0.15) is 33.1 Å². The van der Waals surface area contributed by atoms with Gasteiger partial charge in [0.15, 0.2) is 0 Å². The van der Waals surface area contributed by atoms with Crippen molar-refractivity contribution < 1.29 is 5.11 Å². The maximum Gasteiger partial charge on any atom is 0.0576 e. The molecule has 0 aromatic heterocycles. The molecule has 2 saturated carbocycles. The molecule has 0 aliphatic heterocycles. The van der Waals surface area contributed by atoms with Crippen LogP contribution in [0, 0.1) is 17.3 Å². The molecule has 1 nitrogen and oxygen atoms in total. The molecule has 0 unspecified atom stereocenters. The van der Waals surface area contributed by atoms with Gasteiger partial charge in [-0.1, -0.05) is 13.8 Å². The third kappa shape index (κ3) is 0.619. The van der Waals surface area contributed by atoms with E-state index in [1.165, 1.54) is 12.8 Å². The molecule has 1 heteroatoms. The number of aliphatic hydroxyl groups is 1. The minimum absolute atomic E-state index is 0.0220. The summed E-state index contributed by atoms with van der Waals surface area (Å²) in [6, 6.07) is 0. The lowest BCUT2D eigenvalue weighted by Gasteiger charge is -2.24. The van der Waals surface area contributed by atoms with Crippen molar-refractivity contribution in [3.63, 3.8) is 0 Å². The molecular weight excluding hydrogens is 124 g/mol. The highest BCUT2D eigenvalue weighted by atomic mass is 16.3. The van der Waals surface area contributed by atoms with Crippen LogP contribution in [0.5, 0.6) is 0 Å². The fourth-order valence-electron chi connectivity index (χ4n) is 2.99. The predicted octanol–water partition coefficient (Wildman–Crippen LogP) is 1.80. The standard InChI is InChI=1S/C9H16O/c1-9(2)6-3-4-7(9)8(10)5-6/h6-8,10H,3-5H2,1-2H3/t6-,7-,8+/m0/s1. The molecule has 1 N–H and O–H groups in total. The molecule has 0 radical (unpaired) electrons. The van der Waals surface area contributed by atoms with E-state index >= 15 is 0 Å². The summed E-state index contributed by atoms with van der Waals surface area (Å²) in [5.41, 5.74) is 0.444. The largest absolute Gasteiger partial charge is 0.393 e. The summed E-state index contributed by atoms with van der Waals surface area (Å²) in [6.07, 6.45) is 3.71. The Kier molecular flexibility index (Phi) is 1.17. The van der Waals surface area contributed by atoms with Gasteiger partial charge in [0.25, 0.3) is 0 Å². The summed E-state index contributed by atoms with van der Waals surface area (Å²) >= 11 is 0. The van der Waals surface area contributed by atoms with Crippen molar-refractivity contribution >= 4 is 0 Å². The molecule has 2 fully saturated rings. The minimum Gasteiger partial charge on any atom is -0.393 e. The average molecular weight is 140 g/mol. The van der Waals surface area contributed by atoms with Gasteiger partial charge in [0.2, 0.25) is 0 Å². The van der Waals surface area contributed by atoms with Gasteiger partial charge in [-0.25, -0.2) is 0 Å². The summed E-state index contributed by atoms with van der Waals surface area (Å²) in [4.78, 5) is 0. The first-order valence-corrected chi connectivity index (χ1v) is 4.30. The fourth-order valence-corrected chi connectivity index (χ4v) is 2.99. The first-order valence-electron chi connectivity index (χ1n) is 4.30. The van der Waals surface area contributed by atoms with Gasteiger partial charge >= 0.3 is 0 Å². The lowest BCUT2D eigenvalue weighted by atomic mass is 9.82. The van der Waals surface area contributed by atoms with Crippen LogP contribution in [0.3, 0.4) is 0 Å². The second-order valence-corrected chi connectivity index (χ2v) is 4.51. The van der Waals surface area contributed by atoms with E-state index < -0.39 is 0 Å². The van der Waals surface area contributed by atoms with Crippen molar-refractivity contribution in [2.45, 2.75) is 39.2 Å². The van der Waals surface area contributed by atoms with Crippen molar-refractivity contribution in [2.24, 2.45) is 17.3 Å². The Bertz CT molecular complexity index is 151. The van der Waals surface area contributed by atoms with Gasteiger partial charge in [0.05, 0.1) is 6.10 Å². The zero-order valence-electron chi connectivity index (χ0n) is 6.80. The summed E-state index contributed by atoms with van der Waals surface area (Å²) in [7, 11) is 0. The monoisotopic (exact) mass is 140 g/mol. The molecule has 2 aliphatic rings. The zero-order chi connectivity index (χ0) is 7.35. The highest BCUT2D eigenvalue weighted by Gasteiger charge is 2.52.